The molecule has 1 aromatic rings. The molecule has 1 aromatic carbocycles. The number of carbonyl (C=O) groups is 1. The summed E-state index contributed by atoms with van der Waals surface area (Å²) in [7, 11) is 0. The van der Waals surface area contributed by atoms with Crippen LogP contribution in [0.25, 0.3) is 0 Å². The van der Waals surface area contributed by atoms with Crippen LogP contribution in [0.2, 0.25) is 0 Å². The summed E-state index contributed by atoms with van der Waals surface area (Å²) in [6, 6.07) is 5.91. The quantitative estimate of drug-likeness (QED) is 0.755. The van der Waals surface area contributed by atoms with Gasteiger partial charge in [0.25, 0.3) is 0 Å². The minimum Gasteiger partial charge on any atom is -0.397 e. The third-order valence-electron chi connectivity index (χ3n) is 2.82. The normalized spacial score (nSPS) is 10.7. The number of amides is 1. The smallest absolute Gasteiger partial charge is 0.238 e. The Morgan fingerprint density at radius 3 is 2.86 bits per heavy atom. The zero-order valence-corrected chi connectivity index (χ0v) is 12.4. The Labute approximate surface area is 124 Å². The van der Waals surface area contributed by atoms with Crippen molar-refractivity contribution in [2.75, 3.05) is 30.7 Å². The lowest BCUT2D eigenvalue weighted by atomic mass is 10.2. The molecule has 114 valence electrons. The van der Waals surface area contributed by atoms with Gasteiger partial charge in [-0.3, -0.25) is 9.69 Å². The Kier molecular flexibility index (Phi) is 6.63. The number of nitrogens with zero attached hydrogens (tertiary/aromatic N) is 2. The lowest BCUT2D eigenvalue weighted by Gasteiger charge is -2.22. The maximum atomic E-state index is 13.1. The van der Waals surface area contributed by atoms with Crippen molar-refractivity contribution in [3.05, 3.63) is 24.0 Å². The maximum absolute atomic E-state index is 13.1. The number of benzene rings is 1. The fourth-order valence-corrected chi connectivity index (χ4v) is 1.99. The van der Waals surface area contributed by atoms with E-state index in [9.17, 15) is 9.18 Å². The number of nitriles is 1. The van der Waals surface area contributed by atoms with Gasteiger partial charge in [-0.15, -0.1) is 0 Å². The Balaban J connectivity index is 2.64. The first-order valence-electron chi connectivity index (χ1n) is 6.86. The molecule has 0 bridgehead atoms. The third-order valence-corrected chi connectivity index (χ3v) is 2.82. The van der Waals surface area contributed by atoms with E-state index in [0.29, 0.717) is 31.1 Å². The average Bonchev–Trinajstić information content (AvgIpc) is 2.39. The number of nitrogens with two attached hydrogens (primary N) is 1. The molecule has 1 amide bonds. The zero-order valence-electron chi connectivity index (χ0n) is 12.4. The summed E-state index contributed by atoms with van der Waals surface area (Å²) in [5.41, 5.74) is 6.28. The highest BCUT2D eigenvalue weighted by molar-refractivity contribution is 5.95. The van der Waals surface area contributed by atoms with E-state index in [0.717, 1.165) is 0 Å². The molecule has 0 aromatic heterocycles. The van der Waals surface area contributed by atoms with Crippen molar-refractivity contribution in [3.63, 3.8) is 0 Å². The van der Waals surface area contributed by atoms with Crippen LogP contribution in [0.3, 0.4) is 0 Å². The number of rotatable bonds is 7. The van der Waals surface area contributed by atoms with Crippen molar-refractivity contribution in [2.24, 2.45) is 5.92 Å². The van der Waals surface area contributed by atoms with Gasteiger partial charge in [0.05, 0.1) is 24.0 Å². The van der Waals surface area contributed by atoms with Crippen LogP contribution >= 0.6 is 0 Å². The largest absolute Gasteiger partial charge is 0.397 e. The maximum Gasteiger partial charge on any atom is 0.238 e. The zero-order chi connectivity index (χ0) is 15.8. The molecule has 0 saturated heterocycles. The summed E-state index contributed by atoms with van der Waals surface area (Å²) in [4.78, 5) is 13.9. The first-order chi connectivity index (χ1) is 9.92. The molecule has 0 aliphatic carbocycles. The van der Waals surface area contributed by atoms with E-state index in [1.807, 2.05) is 18.7 Å². The van der Waals surface area contributed by atoms with Crippen LogP contribution in [-0.4, -0.2) is 30.4 Å². The molecule has 0 heterocycles. The van der Waals surface area contributed by atoms with E-state index in [-0.39, 0.29) is 18.1 Å². The van der Waals surface area contributed by atoms with E-state index >= 15 is 0 Å². The van der Waals surface area contributed by atoms with E-state index in [4.69, 9.17) is 11.0 Å². The Hall–Kier alpha value is -2.13. The van der Waals surface area contributed by atoms with Crippen molar-refractivity contribution in [1.82, 2.24) is 4.90 Å². The highest BCUT2D eigenvalue weighted by atomic mass is 19.1. The van der Waals surface area contributed by atoms with Gasteiger partial charge < -0.3 is 11.1 Å². The fraction of sp³-hybridized carbons (Fsp3) is 0.467. The number of hydrogen-bond acceptors (Lipinski definition) is 4. The molecule has 0 radical (unpaired) electrons. The third kappa shape index (κ3) is 6.23. The topological polar surface area (TPSA) is 82.2 Å². The predicted molar refractivity (Wildman–Crippen MR) is 81.0 cm³/mol. The summed E-state index contributed by atoms with van der Waals surface area (Å²) in [6.07, 6.45) is 0.363. The van der Waals surface area contributed by atoms with Gasteiger partial charge in [0.2, 0.25) is 5.91 Å². The van der Waals surface area contributed by atoms with Crippen molar-refractivity contribution >= 4 is 17.3 Å². The van der Waals surface area contributed by atoms with Crippen LogP contribution < -0.4 is 11.1 Å². The number of anilines is 2. The molecule has 0 aliphatic heterocycles. The van der Waals surface area contributed by atoms with Crippen LogP contribution in [-0.2, 0) is 4.79 Å². The molecular formula is C15H21FN4O. The Morgan fingerprint density at radius 2 is 2.24 bits per heavy atom. The van der Waals surface area contributed by atoms with Crippen molar-refractivity contribution in [2.45, 2.75) is 20.3 Å². The summed E-state index contributed by atoms with van der Waals surface area (Å²) < 4.78 is 13.1. The minimum atomic E-state index is -0.456. The van der Waals surface area contributed by atoms with Gasteiger partial charge in [-0.05, 0) is 24.1 Å². The van der Waals surface area contributed by atoms with Gasteiger partial charge in [0.15, 0.2) is 0 Å². The van der Waals surface area contributed by atoms with Crippen LogP contribution in [0, 0.1) is 23.1 Å². The first kappa shape index (κ1) is 16.9. The number of nitrogens with one attached hydrogen (secondary N) is 1. The van der Waals surface area contributed by atoms with E-state index in [1.54, 1.807) is 0 Å². The van der Waals surface area contributed by atoms with Crippen LogP contribution in [0.4, 0.5) is 15.8 Å². The van der Waals surface area contributed by atoms with Gasteiger partial charge in [-0.25, -0.2) is 4.39 Å². The summed E-state index contributed by atoms with van der Waals surface area (Å²) >= 11 is 0. The van der Waals surface area contributed by atoms with Crippen LogP contribution in [0.15, 0.2) is 18.2 Å². The fourth-order valence-electron chi connectivity index (χ4n) is 1.99. The number of hydrogen-bond donors (Lipinski definition) is 2. The molecule has 1 rings (SSSR count). The van der Waals surface area contributed by atoms with Gasteiger partial charge in [-0.1, -0.05) is 13.8 Å². The lowest BCUT2D eigenvalue weighted by Crippen LogP contribution is -2.36. The Morgan fingerprint density at radius 1 is 1.52 bits per heavy atom. The first-order valence-corrected chi connectivity index (χ1v) is 6.86. The second-order valence-corrected chi connectivity index (χ2v) is 5.32. The second kappa shape index (κ2) is 8.22. The van der Waals surface area contributed by atoms with Gasteiger partial charge >= 0.3 is 0 Å². The molecule has 5 nitrogen and oxygen atoms in total. The SMILES string of the molecule is CC(C)CN(CCC#N)CC(=O)Nc1cc(F)ccc1N. The molecule has 0 atom stereocenters. The highest BCUT2D eigenvalue weighted by Crippen LogP contribution is 2.19. The Bertz CT molecular complexity index is 525. The van der Waals surface area contributed by atoms with Crippen molar-refractivity contribution < 1.29 is 9.18 Å². The summed E-state index contributed by atoms with van der Waals surface area (Å²) in [5, 5.41) is 11.3. The predicted octanol–water partition coefficient (Wildman–Crippen LogP) is 2.22. The molecule has 0 spiro atoms. The van der Waals surface area contributed by atoms with Gasteiger partial charge in [-0.2, -0.15) is 5.26 Å². The molecule has 0 unspecified atom stereocenters. The second-order valence-electron chi connectivity index (χ2n) is 5.32. The molecule has 0 saturated carbocycles. The summed E-state index contributed by atoms with van der Waals surface area (Å²) in [6.45, 7) is 5.48. The van der Waals surface area contributed by atoms with E-state index in [2.05, 4.69) is 11.4 Å². The number of nitrogen functional groups attached to an aromatic ring is 1. The van der Waals surface area contributed by atoms with Crippen LogP contribution in [0.5, 0.6) is 0 Å². The number of carbonyl (C=O) groups excluding carboxylic acids is 1. The molecular weight excluding hydrogens is 271 g/mol. The van der Waals surface area contributed by atoms with Crippen LogP contribution in [0.1, 0.15) is 20.3 Å². The monoisotopic (exact) mass is 292 g/mol. The van der Waals surface area contributed by atoms with E-state index < -0.39 is 5.82 Å². The van der Waals surface area contributed by atoms with Crippen molar-refractivity contribution in [3.8, 4) is 6.07 Å². The lowest BCUT2D eigenvalue weighted by molar-refractivity contribution is -0.117. The molecule has 0 aliphatic rings. The highest BCUT2D eigenvalue weighted by Gasteiger charge is 2.13. The van der Waals surface area contributed by atoms with E-state index in [1.165, 1.54) is 18.2 Å². The molecule has 3 N–H and O–H groups in total. The van der Waals surface area contributed by atoms with Gasteiger partial charge in [0.1, 0.15) is 5.82 Å². The molecule has 6 heteroatoms. The van der Waals surface area contributed by atoms with Gasteiger partial charge in [0, 0.05) is 19.5 Å². The summed E-state index contributed by atoms with van der Waals surface area (Å²) in [5.74, 6) is -0.343. The molecule has 21 heavy (non-hydrogen) atoms. The minimum absolute atomic E-state index is 0.149. The van der Waals surface area contributed by atoms with Crippen molar-refractivity contribution in [1.29, 1.82) is 5.26 Å². The average molecular weight is 292 g/mol. The number of halogens is 1. The standard InChI is InChI=1S/C15H21FN4O/c1-11(2)9-20(7-3-6-17)10-15(21)19-14-8-12(16)4-5-13(14)18/h4-5,8,11H,3,7,9-10,18H2,1-2H3,(H,19,21). The molecule has 0 fully saturated rings.